The number of allylic oxidation sites excluding steroid dienone is 2. The zero-order valence-electron chi connectivity index (χ0n) is 17.0. The molecule has 0 atom stereocenters. The standard InChI is InChI=1S/C23H28O6/c1-5-9-18(3)22(24)28-14-8-13-26-20-11-7-12-21(17-20)27-15-16-29-23(25)19(4)10-6-2/h5-7,9-12,17H,3-4,8,13-16H2,1-2H3/b9-5+,10-6+. The molecule has 0 amide bonds. The molecule has 1 aromatic rings. The molecule has 0 radical (unpaired) electrons. The van der Waals surface area contributed by atoms with Gasteiger partial charge in [-0.05, 0) is 26.0 Å². The number of ether oxygens (including phenoxy) is 4. The average Bonchev–Trinajstić information content (AvgIpc) is 2.71. The first-order valence-corrected chi connectivity index (χ1v) is 9.31. The lowest BCUT2D eigenvalue weighted by Gasteiger charge is -2.10. The van der Waals surface area contributed by atoms with Crippen LogP contribution in [0, 0.1) is 0 Å². The molecule has 0 saturated carbocycles. The zero-order valence-corrected chi connectivity index (χ0v) is 17.0. The number of carbonyl (C=O) groups excluding carboxylic acids is 2. The molecule has 6 nitrogen and oxygen atoms in total. The number of hydrogen-bond acceptors (Lipinski definition) is 6. The van der Waals surface area contributed by atoms with Gasteiger partial charge >= 0.3 is 11.9 Å². The Morgan fingerprint density at radius 2 is 1.34 bits per heavy atom. The molecule has 1 rings (SSSR count). The van der Waals surface area contributed by atoms with Gasteiger partial charge in [0.25, 0.3) is 0 Å². The molecule has 0 bridgehead atoms. The van der Waals surface area contributed by atoms with Gasteiger partial charge in [-0.25, -0.2) is 9.59 Å². The third kappa shape index (κ3) is 10.0. The minimum absolute atomic E-state index is 0.115. The van der Waals surface area contributed by atoms with E-state index in [1.165, 1.54) is 0 Å². The Kier molecular flexibility index (Phi) is 11.3. The molecule has 0 saturated heterocycles. The van der Waals surface area contributed by atoms with E-state index in [0.717, 1.165) is 0 Å². The van der Waals surface area contributed by atoms with Crippen molar-refractivity contribution in [2.24, 2.45) is 0 Å². The Labute approximate surface area is 172 Å². The SMILES string of the molecule is C=C(/C=C/C)C(=O)OCCCOc1cccc(OCCOC(=O)C(=C)/C=C/C)c1. The van der Waals surface area contributed by atoms with Gasteiger partial charge in [0.1, 0.15) is 24.7 Å². The maximum atomic E-state index is 11.6. The third-order valence-corrected chi connectivity index (χ3v) is 3.44. The second-order valence-corrected chi connectivity index (χ2v) is 5.85. The Morgan fingerprint density at radius 3 is 1.90 bits per heavy atom. The highest BCUT2D eigenvalue weighted by Gasteiger charge is 2.06. The summed E-state index contributed by atoms with van der Waals surface area (Å²) in [4.78, 5) is 23.2. The fourth-order valence-electron chi connectivity index (χ4n) is 2.09. The van der Waals surface area contributed by atoms with Crippen molar-refractivity contribution >= 4 is 11.9 Å². The topological polar surface area (TPSA) is 71.1 Å². The highest BCUT2D eigenvalue weighted by atomic mass is 16.6. The summed E-state index contributed by atoms with van der Waals surface area (Å²) in [5.74, 6) is 0.317. The largest absolute Gasteiger partial charge is 0.493 e. The van der Waals surface area contributed by atoms with E-state index in [2.05, 4.69) is 13.2 Å². The number of rotatable bonds is 13. The average molecular weight is 400 g/mol. The first-order chi connectivity index (χ1) is 14.0. The molecule has 6 heteroatoms. The van der Waals surface area contributed by atoms with E-state index in [-0.39, 0.29) is 19.8 Å². The van der Waals surface area contributed by atoms with Crippen molar-refractivity contribution in [3.63, 3.8) is 0 Å². The quantitative estimate of drug-likeness (QED) is 0.214. The lowest BCUT2D eigenvalue weighted by Crippen LogP contribution is -2.12. The summed E-state index contributed by atoms with van der Waals surface area (Å²) < 4.78 is 21.3. The molecule has 0 aliphatic heterocycles. The molecule has 1 aromatic carbocycles. The number of carbonyl (C=O) groups is 2. The molecular formula is C23H28O6. The van der Waals surface area contributed by atoms with Crippen molar-refractivity contribution < 1.29 is 28.5 Å². The maximum absolute atomic E-state index is 11.6. The lowest BCUT2D eigenvalue weighted by molar-refractivity contribution is -0.140. The Balaban J connectivity index is 2.27. The highest BCUT2D eigenvalue weighted by molar-refractivity contribution is 5.91. The highest BCUT2D eigenvalue weighted by Crippen LogP contribution is 2.19. The first-order valence-electron chi connectivity index (χ1n) is 9.31. The molecule has 0 aromatic heterocycles. The predicted molar refractivity (Wildman–Crippen MR) is 112 cm³/mol. The van der Waals surface area contributed by atoms with Gasteiger partial charge in [-0.15, -0.1) is 0 Å². The third-order valence-electron chi connectivity index (χ3n) is 3.44. The van der Waals surface area contributed by atoms with Crippen molar-refractivity contribution in [3.05, 3.63) is 72.9 Å². The van der Waals surface area contributed by atoms with Crippen LogP contribution in [-0.4, -0.2) is 38.4 Å². The molecule has 0 aliphatic carbocycles. The van der Waals surface area contributed by atoms with Crippen LogP contribution in [0.4, 0.5) is 0 Å². The van der Waals surface area contributed by atoms with Gasteiger partial charge in [0.05, 0.1) is 24.4 Å². The van der Waals surface area contributed by atoms with Crippen LogP contribution in [0.3, 0.4) is 0 Å². The van der Waals surface area contributed by atoms with Crippen molar-refractivity contribution in [3.8, 4) is 11.5 Å². The van der Waals surface area contributed by atoms with E-state index in [9.17, 15) is 9.59 Å². The summed E-state index contributed by atoms with van der Waals surface area (Å²) in [7, 11) is 0. The first kappa shape index (κ1) is 23.8. The Hall–Kier alpha value is -3.28. The summed E-state index contributed by atoms with van der Waals surface area (Å²) in [5.41, 5.74) is 0.606. The minimum Gasteiger partial charge on any atom is -0.493 e. The van der Waals surface area contributed by atoms with Crippen molar-refractivity contribution in [1.29, 1.82) is 0 Å². The van der Waals surface area contributed by atoms with Crippen molar-refractivity contribution in [1.82, 2.24) is 0 Å². The number of hydrogen-bond donors (Lipinski definition) is 0. The monoisotopic (exact) mass is 400 g/mol. The summed E-state index contributed by atoms with van der Waals surface area (Å²) in [5, 5.41) is 0. The second kappa shape index (κ2) is 13.8. The lowest BCUT2D eigenvalue weighted by atomic mass is 10.3. The van der Waals surface area contributed by atoms with E-state index in [0.29, 0.717) is 35.7 Å². The smallest absolute Gasteiger partial charge is 0.337 e. The maximum Gasteiger partial charge on any atom is 0.337 e. The van der Waals surface area contributed by atoms with Gasteiger partial charge in [0, 0.05) is 12.5 Å². The van der Waals surface area contributed by atoms with Crippen LogP contribution in [0.15, 0.2) is 72.9 Å². The second-order valence-electron chi connectivity index (χ2n) is 5.85. The van der Waals surface area contributed by atoms with Crippen molar-refractivity contribution in [2.75, 3.05) is 26.4 Å². The fourth-order valence-corrected chi connectivity index (χ4v) is 2.09. The molecule has 0 spiro atoms. The van der Waals surface area contributed by atoms with E-state index in [1.807, 2.05) is 0 Å². The van der Waals surface area contributed by atoms with Crippen LogP contribution in [0.2, 0.25) is 0 Å². The normalized spacial score (nSPS) is 10.7. The van der Waals surface area contributed by atoms with E-state index in [1.54, 1.807) is 62.4 Å². The fraction of sp³-hybridized carbons (Fsp3) is 0.304. The van der Waals surface area contributed by atoms with Gasteiger partial charge in [0.2, 0.25) is 0 Å². The zero-order chi connectivity index (χ0) is 21.5. The molecule has 0 aliphatic rings. The molecule has 156 valence electrons. The minimum atomic E-state index is -0.473. The van der Waals surface area contributed by atoms with Crippen LogP contribution in [0.1, 0.15) is 20.3 Å². The van der Waals surface area contributed by atoms with E-state index in [4.69, 9.17) is 18.9 Å². The number of esters is 2. The van der Waals surface area contributed by atoms with Crippen LogP contribution < -0.4 is 9.47 Å². The molecule has 29 heavy (non-hydrogen) atoms. The van der Waals surface area contributed by atoms with Gasteiger partial charge < -0.3 is 18.9 Å². The number of benzene rings is 1. The van der Waals surface area contributed by atoms with Gasteiger partial charge in [0.15, 0.2) is 0 Å². The Bertz CT molecular complexity index is 760. The summed E-state index contributed by atoms with van der Waals surface area (Å²) in [6.45, 7) is 11.8. The van der Waals surface area contributed by atoms with E-state index >= 15 is 0 Å². The Morgan fingerprint density at radius 1 is 0.828 bits per heavy atom. The van der Waals surface area contributed by atoms with Gasteiger partial charge in [-0.3, -0.25) is 0 Å². The molecule has 0 fully saturated rings. The van der Waals surface area contributed by atoms with Crippen LogP contribution in [0.5, 0.6) is 11.5 Å². The summed E-state index contributed by atoms with van der Waals surface area (Å²) in [6, 6.07) is 7.11. The predicted octanol–water partition coefficient (Wildman–Crippen LogP) is 4.19. The van der Waals surface area contributed by atoms with Crippen LogP contribution >= 0.6 is 0 Å². The van der Waals surface area contributed by atoms with Crippen molar-refractivity contribution in [2.45, 2.75) is 20.3 Å². The molecule has 0 heterocycles. The molecule has 0 N–H and O–H groups in total. The van der Waals surface area contributed by atoms with Gasteiger partial charge in [-0.1, -0.05) is 43.5 Å². The van der Waals surface area contributed by atoms with E-state index < -0.39 is 11.9 Å². The molecule has 0 unspecified atom stereocenters. The van der Waals surface area contributed by atoms with Gasteiger partial charge in [-0.2, -0.15) is 0 Å². The molecular weight excluding hydrogens is 372 g/mol. The van der Waals surface area contributed by atoms with Crippen LogP contribution in [0.25, 0.3) is 0 Å². The summed E-state index contributed by atoms with van der Waals surface area (Å²) in [6.07, 6.45) is 7.18. The van der Waals surface area contributed by atoms with Crippen LogP contribution in [-0.2, 0) is 19.1 Å². The summed E-state index contributed by atoms with van der Waals surface area (Å²) >= 11 is 0.